The molecule has 1 aliphatic carbocycles. The lowest BCUT2D eigenvalue weighted by Crippen LogP contribution is -2.13. The summed E-state index contributed by atoms with van der Waals surface area (Å²) in [5, 5.41) is 8.46. The summed E-state index contributed by atoms with van der Waals surface area (Å²) in [5.74, 6) is -0.158. The first-order chi connectivity index (χ1) is 13.5. The number of nitrogens with zero attached hydrogens (tertiary/aromatic N) is 4. The van der Waals surface area contributed by atoms with Gasteiger partial charge in [0.1, 0.15) is 5.82 Å². The zero-order chi connectivity index (χ0) is 19.4. The second-order valence-electron chi connectivity index (χ2n) is 7.37. The molecule has 1 aliphatic rings. The third-order valence-electron chi connectivity index (χ3n) is 4.89. The van der Waals surface area contributed by atoms with E-state index >= 15 is 0 Å². The number of benzene rings is 1. The molecule has 1 saturated carbocycles. The minimum atomic E-state index is -0.319. The summed E-state index contributed by atoms with van der Waals surface area (Å²) >= 11 is 1.25. The minimum absolute atomic E-state index is 0.148. The van der Waals surface area contributed by atoms with Gasteiger partial charge in [0.25, 0.3) is 5.91 Å². The maximum Gasteiger partial charge on any atom is 0.258 e. The van der Waals surface area contributed by atoms with E-state index in [1.807, 2.05) is 24.6 Å². The largest absolute Gasteiger partial charge is 0.298 e. The van der Waals surface area contributed by atoms with Gasteiger partial charge < -0.3 is 0 Å². The summed E-state index contributed by atoms with van der Waals surface area (Å²) in [6.07, 6.45) is 3.89. The zero-order valence-electron chi connectivity index (χ0n) is 15.4. The Morgan fingerprint density at radius 2 is 2.11 bits per heavy atom. The number of halogens is 1. The number of nitrogens with one attached hydrogen (secondary N) is 1. The Morgan fingerprint density at radius 1 is 1.29 bits per heavy atom. The van der Waals surface area contributed by atoms with E-state index in [2.05, 4.69) is 15.4 Å². The van der Waals surface area contributed by atoms with Gasteiger partial charge in [-0.05, 0) is 51.0 Å². The summed E-state index contributed by atoms with van der Waals surface area (Å²) in [6, 6.07) is 6.41. The number of thiazole rings is 1. The summed E-state index contributed by atoms with van der Waals surface area (Å²) in [4.78, 5) is 22.2. The van der Waals surface area contributed by atoms with Crippen LogP contribution in [0.4, 0.5) is 9.52 Å². The molecule has 1 aromatic carbocycles. The lowest BCUT2D eigenvalue weighted by atomic mass is 10.1. The molecule has 3 aromatic heterocycles. The van der Waals surface area contributed by atoms with Crippen molar-refractivity contribution in [3.05, 3.63) is 47.5 Å². The van der Waals surface area contributed by atoms with Gasteiger partial charge in [0.2, 0.25) is 0 Å². The molecule has 0 atom stereocenters. The van der Waals surface area contributed by atoms with E-state index < -0.39 is 0 Å². The van der Waals surface area contributed by atoms with Crippen LogP contribution in [-0.4, -0.2) is 25.7 Å². The van der Waals surface area contributed by atoms with E-state index in [9.17, 15) is 9.18 Å². The number of pyridine rings is 1. The van der Waals surface area contributed by atoms with Gasteiger partial charge in [-0.1, -0.05) is 11.3 Å². The van der Waals surface area contributed by atoms with E-state index in [4.69, 9.17) is 4.98 Å². The van der Waals surface area contributed by atoms with Crippen molar-refractivity contribution in [1.29, 1.82) is 0 Å². The van der Waals surface area contributed by atoms with Crippen LogP contribution >= 0.6 is 11.3 Å². The molecule has 6 nitrogen and oxygen atoms in total. The van der Waals surface area contributed by atoms with Gasteiger partial charge in [-0.3, -0.25) is 10.1 Å². The highest BCUT2D eigenvalue weighted by atomic mass is 32.1. The number of rotatable bonds is 4. The van der Waals surface area contributed by atoms with Crippen LogP contribution in [0.15, 0.2) is 30.5 Å². The van der Waals surface area contributed by atoms with Gasteiger partial charge in [-0.2, -0.15) is 5.10 Å². The fourth-order valence-corrected chi connectivity index (χ4v) is 4.19. The number of hydrogen-bond donors (Lipinski definition) is 1. The van der Waals surface area contributed by atoms with Crippen molar-refractivity contribution < 1.29 is 9.18 Å². The van der Waals surface area contributed by atoms with E-state index in [1.165, 1.54) is 23.5 Å². The van der Waals surface area contributed by atoms with Gasteiger partial charge in [0.15, 0.2) is 10.8 Å². The number of carbonyl (C=O) groups is 1. The lowest BCUT2D eigenvalue weighted by molar-refractivity contribution is 0.102. The molecule has 0 unspecified atom stereocenters. The Morgan fingerprint density at radius 3 is 2.86 bits per heavy atom. The molecule has 5 rings (SSSR count). The fourth-order valence-electron chi connectivity index (χ4n) is 3.31. The first kappa shape index (κ1) is 17.2. The molecule has 0 aliphatic heterocycles. The molecule has 0 radical (unpaired) electrons. The molecule has 142 valence electrons. The normalized spacial score (nSPS) is 14.3. The first-order valence-corrected chi connectivity index (χ1v) is 10.1. The Kier molecular flexibility index (Phi) is 3.90. The smallest absolute Gasteiger partial charge is 0.258 e. The number of fused-ring (bicyclic) bond motifs is 2. The molecule has 0 bridgehead atoms. The van der Waals surface area contributed by atoms with Gasteiger partial charge in [-0.25, -0.2) is 19.0 Å². The molecule has 0 spiro atoms. The number of amides is 1. The molecule has 0 saturated heterocycles. The Hall–Kier alpha value is -2.87. The third kappa shape index (κ3) is 2.93. The summed E-state index contributed by atoms with van der Waals surface area (Å²) < 4.78 is 16.0. The average molecular weight is 395 g/mol. The van der Waals surface area contributed by atoms with Crippen molar-refractivity contribution in [2.45, 2.75) is 38.6 Å². The number of carbonyl (C=O) groups excluding carboxylic acids is 1. The molecule has 4 aromatic rings. The van der Waals surface area contributed by atoms with E-state index in [0.29, 0.717) is 26.8 Å². The number of aromatic nitrogens is 4. The van der Waals surface area contributed by atoms with Crippen molar-refractivity contribution in [1.82, 2.24) is 19.7 Å². The molecule has 3 heterocycles. The average Bonchev–Trinajstić information content (AvgIpc) is 3.29. The monoisotopic (exact) mass is 395 g/mol. The maximum atomic E-state index is 13.4. The Balaban J connectivity index is 1.56. The molecule has 1 fully saturated rings. The molecule has 1 amide bonds. The van der Waals surface area contributed by atoms with Crippen molar-refractivity contribution in [2.75, 3.05) is 5.32 Å². The van der Waals surface area contributed by atoms with Gasteiger partial charge in [0.05, 0.1) is 27.4 Å². The van der Waals surface area contributed by atoms with Crippen molar-refractivity contribution in [3.8, 4) is 0 Å². The topological polar surface area (TPSA) is 72.7 Å². The highest BCUT2D eigenvalue weighted by molar-refractivity contribution is 7.22. The van der Waals surface area contributed by atoms with Crippen LogP contribution in [0.25, 0.3) is 21.3 Å². The van der Waals surface area contributed by atoms with Gasteiger partial charge in [-0.15, -0.1) is 0 Å². The van der Waals surface area contributed by atoms with Crippen LogP contribution in [0.5, 0.6) is 0 Å². The second-order valence-corrected chi connectivity index (χ2v) is 8.40. The highest BCUT2D eigenvalue weighted by Gasteiger charge is 2.28. The van der Waals surface area contributed by atoms with Crippen LogP contribution in [0.3, 0.4) is 0 Å². The van der Waals surface area contributed by atoms with Crippen molar-refractivity contribution in [3.63, 3.8) is 0 Å². The van der Waals surface area contributed by atoms with Gasteiger partial charge >= 0.3 is 0 Å². The lowest BCUT2D eigenvalue weighted by Gasteiger charge is -2.10. The van der Waals surface area contributed by atoms with Crippen molar-refractivity contribution in [2.24, 2.45) is 0 Å². The van der Waals surface area contributed by atoms with Crippen LogP contribution < -0.4 is 5.32 Å². The van der Waals surface area contributed by atoms with E-state index in [-0.39, 0.29) is 17.8 Å². The third-order valence-corrected chi connectivity index (χ3v) is 5.82. The number of hydrogen-bond acceptors (Lipinski definition) is 5. The first-order valence-electron chi connectivity index (χ1n) is 9.25. The highest BCUT2D eigenvalue weighted by Crippen LogP contribution is 2.40. The van der Waals surface area contributed by atoms with Crippen LogP contribution in [0, 0.1) is 5.82 Å². The van der Waals surface area contributed by atoms with E-state index in [1.54, 1.807) is 12.3 Å². The summed E-state index contributed by atoms with van der Waals surface area (Å²) in [7, 11) is 0. The summed E-state index contributed by atoms with van der Waals surface area (Å²) in [6.45, 7) is 4.08. The van der Waals surface area contributed by atoms with E-state index in [0.717, 1.165) is 29.6 Å². The minimum Gasteiger partial charge on any atom is -0.298 e. The molecule has 1 N–H and O–H groups in total. The maximum absolute atomic E-state index is 13.4. The quantitative estimate of drug-likeness (QED) is 0.534. The van der Waals surface area contributed by atoms with Crippen LogP contribution in [-0.2, 0) is 0 Å². The van der Waals surface area contributed by atoms with Gasteiger partial charge in [0, 0.05) is 17.7 Å². The Labute approximate surface area is 164 Å². The molecular weight excluding hydrogens is 377 g/mol. The van der Waals surface area contributed by atoms with Crippen LogP contribution in [0.2, 0.25) is 0 Å². The standard InChI is InChI=1S/C20H18FN5OS/c1-10(2)26-18-14(9-22-26)13(8-16(23-18)11-3-4-11)19(27)25-20-24-15-6-5-12(21)7-17(15)28-20/h5-11H,3-4H2,1-2H3,(H,24,25,27). The predicted molar refractivity (Wildman–Crippen MR) is 107 cm³/mol. The van der Waals surface area contributed by atoms with Crippen LogP contribution in [0.1, 0.15) is 54.7 Å². The second kappa shape index (κ2) is 6.34. The Bertz CT molecular complexity index is 1220. The molecular formula is C20H18FN5OS. The van der Waals surface area contributed by atoms with Crippen molar-refractivity contribution >= 4 is 43.6 Å². The zero-order valence-corrected chi connectivity index (χ0v) is 16.3. The molecule has 28 heavy (non-hydrogen) atoms. The SMILES string of the molecule is CC(C)n1ncc2c(C(=O)Nc3nc4ccc(F)cc4s3)cc(C3CC3)nc21. The summed E-state index contributed by atoms with van der Waals surface area (Å²) in [5.41, 5.74) is 2.87. The predicted octanol–water partition coefficient (Wildman–Crippen LogP) is 4.89. The molecule has 8 heteroatoms. The fraction of sp³-hybridized carbons (Fsp3) is 0.300. The number of anilines is 1.